The normalized spacial score (nSPS) is 14.5. The Kier molecular flexibility index (Phi) is 3.96. The third-order valence-electron chi connectivity index (χ3n) is 4.55. The fraction of sp³-hybridized carbons (Fsp3) is 0.222. The number of halogens is 2. The van der Waals surface area contributed by atoms with Gasteiger partial charge in [-0.2, -0.15) is 0 Å². The van der Waals surface area contributed by atoms with Gasteiger partial charge in [-0.15, -0.1) is 0 Å². The lowest BCUT2D eigenvalue weighted by Gasteiger charge is -2.11. The summed E-state index contributed by atoms with van der Waals surface area (Å²) in [4.78, 5) is 3.56. The van der Waals surface area contributed by atoms with Crippen LogP contribution in [0.1, 0.15) is 24.1 Å². The fourth-order valence-electron chi connectivity index (χ4n) is 3.33. The first-order chi connectivity index (χ1) is 11.9. The van der Waals surface area contributed by atoms with Crippen LogP contribution in [0.5, 0.6) is 0 Å². The van der Waals surface area contributed by atoms with Crippen molar-refractivity contribution in [3.05, 3.63) is 58.5 Å². The molecule has 0 spiro atoms. The van der Waals surface area contributed by atoms with Crippen LogP contribution in [-0.4, -0.2) is 13.4 Å². The number of H-pyrrole nitrogens is 1. The number of benzene rings is 2. The van der Waals surface area contributed by atoms with Gasteiger partial charge in [-0.1, -0.05) is 11.6 Å². The second kappa shape index (κ2) is 6.04. The molecule has 1 aliphatic carbocycles. The molecule has 25 heavy (non-hydrogen) atoms. The monoisotopic (exact) mass is 378 g/mol. The van der Waals surface area contributed by atoms with Crippen molar-refractivity contribution in [1.82, 2.24) is 4.98 Å². The van der Waals surface area contributed by atoms with Crippen molar-refractivity contribution < 1.29 is 12.8 Å². The molecular formula is C18H16ClFN2O2S. The summed E-state index contributed by atoms with van der Waals surface area (Å²) in [7, 11) is -3.78. The first kappa shape index (κ1) is 16.4. The number of nitrogens with one attached hydrogen (secondary N) is 2. The lowest BCUT2D eigenvalue weighted by molar-refractivity contribution is 0.601. The summed E-state index contributed by atoms with van der Waals surface area (Å²) in [5.74, 6) is -0.593. The van der Waals surface area contributed by atoms with E-state index in [2.05, 4.69) is 9.71 Å². The summed E-state index contributed by atoms with van der Waals surface area (Å²) in [6.07, 6.45) is 4.22. The van der Waals surface area contributed by atoms with Gasteiger partial charge in [0.05, 0.1) is 15.6 Å². The van der Waals surface area contributed by atoms with E-state index in [1.54, 1.807) is 18.2 Å². The van der Waals surface area contributed by atoms with Gasteiger partial charge in [0.15, 0.2) is 0 Å². The Balaban J connectivity index is 1.73. The highest BCUT2D eigenvalue weighted by Crippen LogP contribution is 2.31. The van der Waals surface area contributed by atoms with Gasteiger partial charge in [-0.3, -0.25) is 4.72 Å². The molecule has 7 heteroatoms. The van der Waals surface area contributed by atoms with Crippen LogP contribution < -0.4 is 4.72 Å². The molecule has 1 aliphatic rings. The number of rotatable bonds is 3. The molecule has 1 heterocycles. The lowest BCUT2D eigenvalue weighted by Crippen LogP contribution is -2.13. The van der Waals surface area contributed by atoms with Gasteiger partial charge >= 0.3 is 0 Å². The highest BCUT2D eigenvalue weighted by molar-refractivity contribution is 7.92. The minimum atomic E-state index is -3.78. The number of aromatic amines is 1. The minimum absolute atomic E-state index is 0.129. The summed E-state index contributed by atoms with van der Waals surface area (Å²) in [5.41, 5.74) is 3.59. The maximum absolute atomic E-state index is 13.2. The van der Waals surface area contributed by atoms with Crippen molar-refractivity contribution in [1.29, 1.82) is 0 Å². The van der Waals surface area contributed by atoms with E-state index in [1.807, 2.05) is 0 Å². The standard InChI is InChI=1S/C18H16ClFN2O2S/c19-15-9-11(5-7-16(15)20)22-25(23,24)12-6-8-18-14(10-12)13-3-1-2-4-17(13)21-18/h5-10,21-22H,1-4H2. The molecule has 1 aromatic heterocycles. The second-order valence-electron chi connectivity index (χ2n) is 6.23. The predicted molar refractivity (Wildman–Crippen MR) is 97.2 cm³/mol. The van der Waals surface area contributed by atoms with E-state index in [0.717, 1.165) is 42.7 Å². The molecule has 3 aromatic rings. The molecule has 0 radical (unpaired) electrons. The summed E-state index contributed by atoms with van der Waals surface area (Å²) in [6, 6.07) is 8.79. The number of anilines is 1. The number of hydrogen-bond donors (Lipinski definition) is 2. The molecule has 0 atom stereocenters. The summed E-state index contributed by atoms with van der Waals surface area (Å²) in [5, 5.41) is 0.824. The smallest absolute Gasteiger partial charge is 0.261 e. The van der Waals surface area contributed by atoms with E-state index in [0.29, 0.717) is 0 Å². The van der Waals surface area contributed by atoms with Crippen LogP contribution in [0.2, 0.25) is 5.02 Å². The fourth-order valence-corrected chi connectivity index (χ4v) is 4.58. The summed E-state index contributed by atoms with van der Waals surface area (Å²) in [6.45, 7) is 0. The SMILES string of the molecule is O=S(=O)(Nc1ccc(F)c(Cl)c1)c1ccc2[nH]c3c(c2c1)CCCC3. The van der Waals surface area contributed by atoms with Crippen LogP contribution in [0.3, 0.4) is 0 Å². The van der Waals surface area contributed by atoms with Crippen molar-refractivity contribution >= 4 is 38.2 Å². The van der Waals surface area contributed by atoms with E-state index < -0.39 is 15.8 Å². The molecular weight excluding hydrogens is 363 g/mol. The van der Waals surface area contributed by atoms with Gasteiger partial charge < -0.3 is 4.98 Å². The zero-order chi connectivity index (χ0) is 17.6. The van der Waals surface area contributed by atoms with Gasteiger partial charge in [0.1, 0.15) is 5.82 Å². The number of aryl methyl sites for hydroxylation is 2. The largest absolute Gasteiger partial charge is 0.358 e. The van der Waals surface area contributed by atoms with Crippen LogP contribution in [0.4, 0.5) is 10.1 Å². The summed E-state index contributed by atoms with van der Waals surface area (Å²) < 4.78 is 41.0. The molecule has 2 aromatic carbocycles. The highest BCUT2D eigenvalue weighted by atomic mass is 35.5. The summed E-state index contributed by atoms with van der Waals surface area (Å²) >= 11 is 5.72. The van der Waals surface area contributed by atoms with Gasteiger partial charge in [-0.05, 0) is 67.6 Å². The topological polar surface area (TPSA) is 62.0 Å². The highest BCUT2D eigenvalue weighted by Gasteiger charge is 2.20. The number of sulfonamides is 1. The zero-order valence-corrected chi connectivity index (χ0v) is 14.8. The van der Waals surface area contributed by atoms with Gasteiger partial charge in [0.2, 0.25) is 0 Å². The molecule has 0 amide bonds. The average molecular weight is 379 g/mol. The second-order valence-corrected chi connectivity index (χ2v) is 8.32. The van der Waals surface area contributed by atoms with Crippen molar-refractivity contribution in [2.75, 3.05) is 4.72 Å². The van der Waals surface area contributed by atoms with Crippen molar-refractivity contribution in [3.63, 3.8) is 0 Å². The molecule has 4 rings (SSSR count). The van der Waals surface area contributed by atoms with Crippen LogP contribution in [0.25, 0.3) is 10.9 Å². The number of fused-ring (bicyclic) bond motifs is 3. The van der Waals surface area contributed by atoms with E-state index in [1.165, 1.54) is 23.4 Å². The Morgan fingerprint density at radius 3 is 2.68 bits per heavy atom. The first-order valence-corrected chi connectivity index (χ1v) is 9.91. The van der Waals surface area contributed by atoms with Gasteiger partial charge in [-0.25, -0.2) is 12.8 Å². The first-order valence-electron chi connectivity index (χ1n) is 8.05. The molecule has 130 valence electrons. The third kappa shape index (κ3) is 3.00. The molecule has 0 fully saturated rings. The average Bonchev–Trinajstić information content (AvgIpc) is 2.96. The molecule has 0 aliphatic heterocycles. The van der Waals surface area contributed by atoms with E-state index in [4.69, 9.17) is 11.6 Å². The Hall–Kier alpha value is -2.05. The number of hydrogen-bond acceptors (Lipinski definition) is 2. The van der Waals surface area contributed by atoms with Crippen LogP contribution in [-0.2, 0) is 22.9 Å². The molecule has 0 saturated carbocycles. The van der Waals surface area contributed by atoms with E-state index in [9.17, 15) is 12.8 Å². The zero-order valence-electron chi connectivity index (χ0n) is 13.3. The maximum Gasteiger partial charge on any atom is 0.261 e. The lowest BCUT2D eigenvalue weighted by atomic mass is 9.96. The Morgan fingerprint density at radius 2 is 1.88 bits per heavy atom. The van der Waals surface area contributed by atoms with Crippen molar-refractivity contribution in [2.45, 2.75) is 30.6 Å². The van der Waals surface area contributed by atoms with Crippen LogP contribution in [0.15, 0.2) is 41.3 Å². The van der Waals surface area contributed by atoms with Crippen molar-refractivity contribution in [3.8, 4) is 0 Å². The molecule has 0 saturated heterocycles. The van der Waals surface area contributed by atoms with Crippen molar-refractivity contribution in [2.24, 2.45) is 0 Å². The van der Waals surface area contributed by atoms with E-state index in [-0.39, 0.29) is 15.6 Å². The van der Waals surface area contributed by atoms with Gasteiger partial charge in [0, 0.05) is 16.6 Å². The Morgan fingerprint density at radius 1 is 1.08 bits per heavy atom. The molecule has 0 bridgehead atoms. The maximum atomic E-state index is 13.2. The molecule has 0 unspecified atom stereocenters. The van der Waals surface area contributed by atoms with Crippen LogP contribution in [0, 0.1) is 5.82 Å². The molecule has 2 N–H and O–H groups in total. The minimum Gasteiger partial charge on any atom is -0.358 e. The van der Waals surface area contributed by atoms with E-state index >= 15 is 0 Å². The van der Waals surface area contributed by atoms with Crippen LogP contribution >= 0.6 is 11.6 Å². The van der Waals surface area contributed by atoms with Gasteiger partial charge in [0.25, 0.3) is 10.0 Å². The predicted octanol–water partition coefficient (Wildman–Crippen LogP) is 4.64. The molecule has 4 nitrogen and oxygen atoms in total. The number of aromatic nitrogens is 1. The third-order valence-corrected chi connectivity index (χ3v) is 6.22. The Labute approximate surface area is 150 Å². The Bertz CT molecular complexity index is 1080. The quantitative estimate of drug-likeness (QED) is 0.697.